The number of hydrogen-bond acceptors (Lipinski definition) is 8. The van der Waals surface area contributed by atoms with Crippen molar-refractivity contribution in [2.75, 3.05) is 13.2 Å². The van der Waals surface area contributed by atoms with Crippen LogP contribution in [0.1, 0.15) is 303 Å². The van der Waals surface area contributed by atoms with E-state index < -0.39 is 49.5 Å². The van der Waals surface area contributed by atoms with Crippen LogP contribution in [-0.2, 0) is 14.3 Å². The van der Waals surface area contributed by atoms with E-state index in [1.165, 1.54) is 186 Å². The molecule has 0 aromatic carbocycles. The highest BCUT2D eigenvalue weighted by Crippen LogP contribution is 2.23. The molecule has 0 aliphatic carbocycles. The molecule has 1 amide bonds. The van der Waals surface area contributed by atoms with Gasteiger partial charge in [-0.1, -0.05) is 327 Å². The number of carbonyl (C=O) groups excluding carboxylic acids is 1. The molecule has 1 heterocycles. The summed E-state index contributed by atoms with van der Waals surface area (Å²) < 4.78 is 11.3. The van der Waals surface area contributed by atoms with Crippen molar-refractivity contribution in [3.63, 3.8) is 0 Å². The quantitative estimate of drug-likeness (QED) is 0.0261. The maximum atomic E-state index is 13.1. The van der Waals surface area contributed by atoms with Crippen molar-refractivity contribution in [2.45, 2.75) is 346 Å². The minimum absolute atomic E-state index is 0.190. The molecular weight excluding hydrogens is 1090 g/mol. The second-order valence-electron chi connectivity index (χ2n) is 24.6. The largest absolute Gasteiger partial charge is 0.394 e. The summed E-state index contributed by atoms with van der Waals surface area (Å²) in [6.45, 7) is 3.67. The van der Waals surface area contributed by atoms with Gasteiger partial charge in [0, 0.05) is 6.42 Å². The van der Waals surface area contributed by atoms with Gasteiger partial charge in [-0.05, 0) is 103 Å². The highest BCUT2D eigenvalue weighted by atomic mass is 16.7. The third-order valence-corrected chi connectivity index (χ3v) is 16.5. The van der Waals surface area contributed by atoms with Crippen LogP contribution in [0.2, 0.25) is 0 Å². The Morgan fingerprint density at radius 2 is 0.716 bits per heavy atom. The Morgan fingerprint density at radius 3 is 1.09 bits per heavy atom. The summed E-state index contributed by atoms with van der Waals surface area (Å²) in [5.74, 6) is -0.190. The van der Waals surface area contributed by atoms with Crippen LogP contribution in [0, 0.1) is 0 Å². The number of hydrogen-bond donors (Lipinski definition) is 6. The van der Waals surface area contributed by atoms with E-state index >= 15 is 0 Å². The summed E-state index contributed by atoms with van der Waals surface area (Å²) in [6.07, 6.45) is 94.2. The second kappa shape index (κ2) is 66.3. The Kier molecular flexibility index (Phi) is 62.0. The average Bonchev–Trinajstić information content (AvgIpc) is 3.31. The molecule has 6 N–H and O–H groups in total. The molecule has 0 radical (unpaired) electrons. The van der Waals surface area contributed by atoms with Gasteiger partial charge in [0.15, 0.2) is 6.29 Å². The molecule has 1 rings (SSSR count). The van der Waals surface area contributed by atoms with Gasteiger partial charge in [0.25, 0.3) is 0 Å². The predicted octanol–water partition coefficient (Wildman–Crippen LogP) is 20.4. The first kappa shape index (κ1) is 82.3. The van der Waals surface area contributed by atoms with E-state index in [4.69, 9.17) is 9.47 Å². The van der Waals surface area contributed by atoms with Crippen LogP contribution in [0.25, 0.3) is 0 Å². The molecule has 7 unspecified atom stereocenters. The summed E-state index contributed by atoms with van der Waals surface area (Å²) in [4.78, 5) is 13.1. The molecule has 88 heavy (non-hydrogen) atoms. The number of aliphatic hydroxyl groups is 5. The van der Waals surface area contributed by atoms with E-state index in [0.717, 1.165) is 96.3 Å². The second-order valence-corrected chi connectivity index (χ2v) is 24.6. The molecule has 1 aliphatic heterocycles. The number of unbranched alkanes of at least 4 members (excludes halogenated alkanes) is 32. The lowest BCUT2D eigenvalue weighted by Crippen LogP contribution is -2.60. The van der Waals surface area contributed by atoms with Gasteiger partial charge >= 0.3 is 0 Å². The van der Waals surface area contributed by atoms with Crippen molar-refractivity contribution < 1.29 is 39.8 Å². The maximum Gasteiger partial charge on any atom is 0.220 e. The molecule has 1 fully saturated rings. The Hall–Kier alpha value is -3.67. The van der Waals surface area contributed by atoms with E-state index in [2.05, 4.69) is 141 Å². The lowest BCUT2D eigenvalue weighted by Gasteiger charge is -2.40. The minimum Gasteiger partial charge on any atom is -0.394 e. The topological polar surface area (TPSA) is 149 Å². The van der Waals surface area contributed by atoms with Crippen molar-refractivity contribution in [1.29, 1.82) is 0 Å². The molecule has 0 aromatic heterocycles. The van der Waals surface area contributed by atoms with E-state index in [1.807, 2.05) is 6.08 Å². The van der Waals surface area contributed by atoms with Crippen molar-refractivity contribution in [1.82, 2.24) is 5.32 Å². The van der Waals surface area contributed by atoms with Gasteiger partial charge in [-0.3, -0.25) is 4.79 Å². The number of rotatable bonds is 62. The van der Waals surface area contributed by atoms with Crippen molar-refractivity contribution >= 4 is 5.91 Å². The van der Waals surface area contributed by atoms with Crippen LogP contribution in [0.4, 0.5) is 0 Å². The average molecular weight is 1230 g/mol. The van der Waals surface area contributed by atoms with Crippen molar-refractivity contribution in [3.05, 3.63) is 134 Å². The summed E-state index contributed by atoms with van der Waals surface area (Å²) in [6, 6.07) is -0.832. The van der Waals surface area contributed by atoms with E-state index in [1.54, 1.807) is 6.08 Å². The third kappa shape index (κ3) is 54.1. The lowest BCUT2D eigenvalue weighted by atomic mass is 9.99. The number of aliphatic hydroxyl groups excluding tert-OH is 5. The number of nitrogens with one attached hydrogen (secondary N) is 1. The van der Waals surface area contributed by atoms with E-state index in [0.29, 0.717) is 6.42 Å². The molecule has 0 bridgehead atoms. The molecule has 504 valence electrons. The molecule has 1 aliphatic rings. The van der Waals surface area contributed by atoms with Gasteiger partial charge in [-0.2, -0.15) is 0 Å². The number of allylic oxidation sites excluding steroid dienone is 21. The first-order valence-electron chi connectivity index (χ1n) is 36.4. The zero-order valence-electron chi connectivity index (χ0n) is 56.4. The monoisotopic (exact) mass is 1230 g/mol. The summed E-state index contributed by atoms with van der Waals surface area (Å²) >= 11 is 0. The molecule has 0 aromatic rings. The molecule has 1 saturated heterocycles. The van der Waals surface area contributed by atoms with Crippen LogP contribution in [0.5, 0.6) is 0 Å². The summed E-state index contributed by atoms with van der Waals surface area (Å²) in [5.41, 5.74) is 0. The Morgan fingerprint density at radius 1 is 0.398 bits per heavy atom. The standard InChI is InChI=1S/C79H135NO8/c1-3-5-7-9-11-13-15-17-19-21-23-25-27-29-30-31-32-33-34-35-36-37-38-39-40-41-42-43-44-45-47-49-51-53-55-57-59-61-63-65-67-69-75(83)80-72(71-87-79-78(86)77(85)76(84)74(70-81)88-79)73(82)68-66-64-62-60-58-56-54-52-50-48-46-28-26-24-22-20-18-16-14-12-10-8-6-4-2/h5,7,11,13,17,19,23,25,29-30,32-33,35-36,38-39,41-42,58,60,66,68,72-74,76-79,81-82,84-86H,3-4,6,8-10,12,14-16,18,20-22,24,26-28,31,34,37,40,43-57,59,61-65,67,69-71H2,1-2H3,(H,80,83)/b7-5-,13-11-,19-17-,25-23-,30-29-,33-32-,36-35-,39-38-,42-41-,60-58+,68-66+. The maximum absolute atomic E-state index is 13.1. The fourth-order valence-electron chi connectivity index (χ4n) is 10.8. The van der Waals surface area contributed by atoms with Gasteiger partial charge in [0.05, 0.1) is 25.4 Å². The lowest BCUT2D eigenvalue weighted by molar-refractivity contribution is -0.302. The van der Waals surface area contributed by atoms with E-state index in [-0.39, 0.29) is 12.5 Å². The first-order valence-corrected chi connectivity index (χ1v) is 36.4. The molecule has 0 spiro atoms. The highest BCUT2D eigenvalue weighted by molar-refractivity contribution is 5.76. The van der Waals surface area contributed by atoms with Gasteiger partial charge < -0.3 is 40.3 Å². The molecule has 9 nitrogen and oxygen atoms in total. The third-order valence-electron chi connectivity index (χ3n) is 16.5. The van der Waals surface area contributed by atoms with Crippen LogP contribution in [0.15, 0.2) is 134 Å². The fraction of sp³-hybridized carbons (Fsp3) is 0.709. The SMILES string of the molecule is CC/C=C\C/C=C\C/C=C\C/C=C\C/C=C\C/C=C\C/C=C\C/C=C\C/C=C\CCCCCCCCCCCCCCCC(=O)NC(COC1OC(CO)C(O)C(O)C1O)C(O)/C=C/CC/C=C/CCCCCCCCCCCCCCCCCCCC. The van der Waals surface area contributed by atoms with Crippen LogP contribution in [-0.4, -0.2) is 87.5 Å². The Balaban J connectivity index is 2.14. The Labute approximate surface area is 541 Å². The van der Waals surface area contributed by atoms with Gasteiger partial charge in [0.1, 0.15) is 24.4 Å². The molecular formula is C79H135NO8. The minimum atomic E-state index is -1.58. The normalized spacial score (nSPS) is 18.7. The van der Waals surface area contributed by atoms with E-state index in [9.17, 15) is 30.3 Å². The predicted molar refractivity (Wildman–Crippen MR) is 377 cm³/mol. The van der Waals surface area contributed by atoms with Crippen LogP contribution < -0.4 is 5.32 Å². The number of amides is 1. The van der Waals surface area contributed by atoms with Crippen molar-refractivity contribution in [2.24, 2.45) is 0 Å². The molecule has 9 heteroatoms. The zero-order valence-corrected chi connectivity index (χ0v) is 56.4. The fourth-order valence-corrected chi connectivity index (χ4v) is 10.8. The zero-order chi connectivity index (χ0) is 63.5. The van der Waals surface area contributed by atoms with Crippen LogP contribution in [0.3, 0.4) is 0 Å². The smallest absolute Gasteiger partial charge is 0.220 e. The number of ether oxygens (including phenoxy) is 2. The first-order chi connectivity index (χ1) is 43.3. The van der Waals surface area contributed by atoms with Gasteiger partial charge in [-0.15, -0.1) is 0 Å². The highest BCUT2D eigenvalue weighted by Gasteiger charge is 2.44. The summed E-state index contributed by atoms with van der Waals surface area (Å²) in [7, 11) is 0. The molecule has 0 saturated carbocycles. The van der Waals surface area contributed by atoms with Gasteiger partial charge in [-0.25, -0.2) is 0 Å². The number of carbonyl (C=O) groups is 1. The van der Waals surface area contributed by atoms with Gasteiger partial charge in [0.2, 0.25) is 5.91 Å². The van der Waals surface area contributed by atoms with Crippen molar-refractivity contribution in [3.8, 4) is 0 Å². The molecule has 7 atom stereocenters. The summed E-state index contributed by atoms with van der Waals surface area (Å²) in [5, 5.41) is 54.8. The Bertz CT molecular complexity index is 1860. The van der Waals surface area contributed by atoms with Crippen LogP contribution >= 0.6 is 0 Å².